The Morgan fingerprint density at radius 2 is 2.10 bits per heavy atom. The lowest BCUT2D eigenvalue weighted by Crippen LogP contribution is -2.40. The fourth-order valence-corrected chi connectivity index (χ4v) is 5.28. The predicted octanol–water partition coefficient (Wildman–Crippen LogP) is 3.94. The lowest BCUT2D eigenvalue weighted by Gasteiger charge is -2.28. The molecule has 1 saturated carbocycles. The molecule has 158 valence electrons. The molecule has 6 nitrogen and oxygen atoms in total. The highest BCUT2D eigenvalue weighted by Gasteiger charge is 2.30. The zero-order valence-corrected chi connectivity index (χ0v) is 18.1. The maximum atomic E-state index is 13.3. The van der Waals surface area contributed by atoms with Crippen molar-refractivity contribution in [3.05, 3.63) is 18.2 Å². The fourth-order valence-electron chi connectivity index (χ4n) is 4.27. The van der Waals surface area contributed by atoms with Gasteiger partial charge in [-0.15, -0.1) is 0 Å². The molecule has 0 atom stereocenters. The Hall–Kier alpha value is -1.70. The van der Waals surface area contributed by atoms with E-state index in [2.05, 4.69) is 11.0 Å². The van der Waals surface area contributed by atoms with Crippen LogP contribution in [0.25, 0.3) is 10.2 Å². The van der Waals surface area contributed by atoms with Crippen LogP contribution < -0.4 is 9.64 Å². The number of para-hydroxylation sites is 1. The van der Waals surface area contributed by atoms with Gasteiger partial charge in [-0.1, -0.05) is 30.2 Å². The first-order chi connectivity index (χ1) is 14.3. The molecule has 2 aromatic rings. The number of fused-ring (bicyclic) bond motifs is 1. The monoisotopic (exact) mass is 417 g/mol. The highest BCUT2D eigenvalue weighted by molar-refractivity contribution is 7.22. The van der Waals surface area contributed by atoms with Gasteiger partial charge in [0.1, 0.15) is 11.3 Å². The van der Waals surface area contributed by atoms with Gasteiger partial charge in [-0.05, 0) is 38.3 Å². The molecule has 2 heterocycles. The van der Waals surface area contributed by atoms with E-state index in [0.717, 1.165) is 92.6 Å². The van der Waals surface area contributed by atoms with E-state index in [1.54, 1.807) is 11.3 Å². The van der Waals surface area contributed by atoms with Crippen molar-refractivity contribution in [3.63, 3.8) is 0 Å². The molecule has 29 heavy (non-hydrogen) atoms. The van der Waals surface area contributed by atoms with Crippen LogP contribution in [0.3, 0.4) is 0 Å². The van der Waals surface area contributed by atoms with E-state index in [4.69, 9.17) is 14.5 Å². The van der Waals surface area contributed by atoms with Crippen molar-refractivity contribution in [2.45, 2.75) is 39.0 Å². The van der Waals surface area contributed by atoms with E-state index in [0.29, 0.717) is 6.61 Å². The molecule has 2 aliphatic rings. The Balaban J connectivity index is 1.53. The molecule has 0 N–H and O–H groups in total. The lowest BCUT2D eigenvalue weighted by molar-refractivity contribution is -0.122. The smallest absolute Gasteiger partial charge is 0.231 e. The molecule has 4 rings (SSSR count). The number of ether oxygens (including phenoxy) is 2. The van der Waals surface area contributed by atoms with E-state index in [-0.39, 0.29) is 11.8 Å². The zero-order chi connectivity index (χ0) is 20.1. The van der Waals surface area contributed by atoms with Gasteiger partial charge in [-0.25, -0.2) is 4.98 Å². The maximum Gasteiger partial charge on any atom is 0.231 e. The summed E-state index contributed by atoms with van der Waals surface area (Å²) in [7, 11) is 0. The zero-order valence-electron chi connectivity index (χ0n) is 17.3. The van der Waals surface area contributed by atoms with E-state index < -0.39 is 0 Å². The summed E-state index contributed by atoms with van der Waals surface area (Å²) < 4.78 is 12.3. The van der Waals surface area contributed by atoms with Gasteiger partial charge in [-0.2, -0.15) is 0 Å². The average molecular weight is 418 g/mol. The van der Waals surface area contributed by atoms with Gasteiger partial charge in [0.25, 0.3) is 0 Å². The summed E-state index contributed by atoms with van der Waals surface area (Å²) in [6, 6.07) is 6.01. The van der Waals surface area contributed by atoms with Gasteiger partial charge < -0.3 is 9.47 Å². The van der Waals surface area contributed by atoms with Crippen LogP contribution in [-0.2, 0) is 9.53 Å². The summed E-state index contributed by atoms with van der Waals surface area (Å²) in [5.74, 6) is 1.20. The largest absolute Gasteiger partial charge is 0.492 e. The van der Waals surface area contributed by atoms with Crippen molar-refractivity contribution in [1.29, 1.82) is 0 Å². The highest BCUT2D eigenvalue weighted by Crippen LogP contribution is 2.36. The predicted molar refractivity (Wildman–Crippen MR) is 117 cm³/mol. The number of anilines is 1. The number of hydrogen-bond acceptors (Lipinski definition) is 6. The Morgan fingerprint density at radius 1 is 1.31 bits per heavy atom. The normalized spacial score (nSPS) is 18.4. The summed E-state index contributed by atoms with van der Waals surface area (Å²) in [4.78, 5) is 22.6. The first-order valence-electron chi connectivity index (χ1n) is 10.9. The van der Waals surface area contributed by atoms with Crippen LogP contribution in [0.2, 0.25) is 0 Å². The molecule has 1 aromatic carbocycles. The van der Waals surface area contributed by atoms with E-state index in [9.17, 15) is 4.79 Å². The number of benzene rings is 1. The Kier molecular flexibility index (Phi) is 7.00. The summed E-state index contributed by atoms with van der Waals surface area (Å²) in [6.07, 6.45) is 5.28. The minimum atomic E-state index is 0.150. The second kappa shape index (κ2) is 9.87. The summed E-state index contributed by atoms with van der Waals surface area (Å²) in [5, 5.41) is 0.811. The summed E-state index contributed by atoms with van der Waals surface area (Å²) in [6.45, 7) is 7.88. The number of thiazole rings is 1. The number of carbonyl (C=O) groups is 1. The SMILES string of the molecule is CCOc1cccc2sc(N(CCCN3CCOCC3)C(=O)C3CCCC3)nc12. The molecule has 1 amide bonds. The number of nitrogens with zero attached hydrogens (tertiary/aromatic N) is 3. The molecular weight excluding hydrogens is 386 g/mol. The molecule has 1 aliphatic heterocycles. The minimum absolute atomic E-state index is 0.150. The molecule has 7 heteroatoms. The first-order valence-corrected chi connectivity index (χ1v) is 11.7. The number of morpholine rings is 1. The van der Waals surface area contributed by atoms with E-state index in [1.165, 1.54) is 0 Å². The van der Waals surface area contributed by atoms with Crippen molar-refractivity contribution < 1.29 is 14.3 Å². The van der Waals surface area contributed by atoms with Crippen LogP contribution >= 0.6 is 11.3 Å². The fraction of sp³-hybridized carbons (Fsp3) is 0.636. The molecule has 2 fully saturated rings. The van der Waals surface area contributed by atoms with Crippen molar-refractivity contribution in [3.8, 4) is 5.75 Å². The standard InChI is InChI=1S/C22H31N3O3S/c1-2-28-18-9-5-10-19-20(18)23-22(29-19)25(21(26)17-7-3-4-8-17)12-6-11-24-13-15-27-16-14-24/h5,9-10,17H,2-4,6-8,11-16H2,1H3. The first kappa shape index (κ1) is 20.6. The number of hydrogen-bond donors (Lipinski definition) is 0. The maximum absolute atomic E-state index is 13.3. The van der Waals surface area contributed by atoms with Gasteiger partial charge in [-0.3, -0.25) is 14.6 Å². The molecule has 0 radical (unpaired) electrons. The Morgan fingerprint density at radius 3 is 2.86 bits per heavy atom. The van der Waals surface area contributed by atoms with Crippen molar-refractivity contribution in [2.75, 3.05) is 50.9 Å². The summed E-state index contributed by atoms with van der Waals surface area (Å²) >= 11 is 1.60. The molecule has 1 aliphatic carbocycles. The molecule has 1 saturated heterocycles. The molecule has 1 aromatic heterocycles. The van der Waals surface area contributed by atoms with Crippen molar-refractivity contribution >= 4 is 32.6 Å². The quantitative estimate of drug-likeness (QED) is 0.651. The van der Waals surface area contributed by atoms with Gasteiger partial charge >= 0.3 is 0 Å². The lowest BCUT2D eigenvalue weighted by atomic mass is 10.1. The number of rotatable bonds is 8. The molecule has 0 bridgehead atoms. The Labute approximate surface area is 176 Å². The second-order valence-electron chi connectivity index (χ2n) is 7.81. The third-order valence-electron chi connectivity index (χ3n) is 5.83. The number of aromatic nitrogens is 1. The van der Waals surface area contributed by atoms with Gasteiger partial charge in [0, 0.05) is 32.1 Å². The van der Waals surface area contributed by atoms with Crippen LogP contribution in [0.5, 0.6) is 5.75 Å². The van der Waals surface area contributed by atoms with Crippen molar-refractivity contribution in [2.24, 2.45) is 5.92 Å². The van der Waals surface area contributed by atoms with Crippen LogP contribution in [0.15, 0.2) is 18.2 Å². The topological polar surface area (TPSA) is 54.9 Å². The van der Waals surface area contributed by atoms with Crippen molar-refractivity contribution in [1.82, 2.24) is 9.88 Å². The third-order valence-corrected chi connectivity index (χ3v) is 6.88. The molecule has 0 spiro atoms. The molecule has 0 unspecified atom stereocenters. The van der Waals surface area contributed by atoms with Gasteiger partial charge in [0.2, 0.25) is 5.91 Å². The van der Waals surface area contributed by atoms with Crippen LogP contribution in [0.1, 0.15) is 39.0 Å². The summed E-state index contributed by atoms with van der Waals surface area (Å²) in [5.41, 5.74) is 0.867. The second-order valence-corrected chi connectivity index (χ2v) is 8.82. The van der Waals surface area contributed by atoms with Crippen LogP contribution in [-0.4, -0.2) is 61.8 Å². The van der Waals surface area contributed by atoms with Crippen LogP contribution in [0.4, 0.5) is 5.13 Å². The number of amides is 1. The highest BCUT2D eigenvalue weighted by atomic mass is 32.1. The minimum Gasteiger partial charge on any atom is -0.492 e. The number of carbonyl (C=O) groups excluding carboxylic acids is 1. The van der Waals surface area contributed by atoms with Gasteiger partial charge in [0.05, 0.1) is 24.5 Å². The Bertz CT molecular complexity index is 813. The van der Waals surface area contributed by atoms with E-state index >= 15 is 0 Å². The van der Waals surface area contributed by atoms with E-state index in [1.807, 2.05) is 24.0 Å². The molecular formula is C22H31N3O3S. The average Bonchev–Trinajstić information content (AvgIpc) is 3.42. The van der Waals surface area contributed by atoms with Crippen LogP contribution in [0, 0.1) is 5.92 Å². The van der Waals surface area contributed by atoms with Gasteiger partial charge in [0.15, 0.2) is 5.13 Å². The third kappa shape index (κ3) is 4.90.